The number of anilines is 1. The van der Waals surface area contributed by atoms with E-state index in [4.69, 9.17) is 4.74 Å². The number of halogens is 1. The van der Waals surface area contributed by atoms with Gasteiger partial charge in [-0.05, 0) is 54.4 Å². The van der Waals surface area contributed by atoms with Crippen LogP contribution in [0.1, 0.15) is 16.7 Å². The molecule has 0 saturated heterocycles. The number of ether oxygens (including phenoxy) is 1. The van der Waals surface area contributed by atoms with Gasteiger partial charge in [-0.1, -0.05) is 57.9 Å². The molecule has 0 amide bonds. The van der Waals surface area contributed by atoms with Crippen molar-refractivity contribution >= 4 is 21.6 Å². The summed E-state index contributed by atoms with van der Waals surface area (Å²) in [7, 11) is 0. The molecule has 3 aromatic carbocycles. The summed E-state index contributed by atoms with van der Waals surface area (Å²) in [5.74, 6) is 0.890. The Morgan fingerprint density at radius 2 is 1.62 bits per heavy atom. The molecular formula is C21H20BrNO. The lowest BCUT2D eigenvalue weighted by Gasteiger charge is -2.10. The Morgan fingerprint density at radius 3 is 2.38 bits per heavy atom. The molecule has 3 heteroatoms. The summed E-state index contributed by atoms with van der Waals surface area (Å²) in [4.78, 5) is 0. The van der Waals surface area contributed by atoms with Crippen LogP contribution in [0.4, 0.5) is 5.69 Å². The fourth-order valence-electron chi connectivity index (χ4n) is 2.37. The normalized spacial score (nSPS) is 10.4. The molecule has 0 heterocycles. The third-order valence-electron chi connectivity index (χ3n) is 3.77. The zero-order valence-corrected chi connectivity index (χ0v) is 15.2. The van der Waals surface area contributed by atoms with Crippen molar-refractivity contribution in [3.63, 3.8) is 0 Å². The maximum Gasteiger partial charge on any atom is 0.120 e. The van der Waals surface area contributed by atoms with E-state index in [9.17, 15) is 0 Å². The predicted molar refractivity (Wildman–Crippen MR) is 103 cm³/mol. The second kappa shape index (κ2) is 8.02. The van der Waals surface area contributed by atoms with Crippen LogP contribution < -0.4 is 10.1 Å². The molecule has 3 rings (SSSR count). The first kappa shape index (κ1) is 16.6. The molecule has 3 aromatic rings. The summed E-state index contributed by atoms with van der Waals surface area (Å²) >= 11 is 3.44. The van der Waals surface area contributed by atoms with Crippen LogP contribution in [0.25, 0.3) is 0 Å². The average molecular weight is 382 g/mol. The number of hydrogen-bond donors (Lipinski definition) is 1. The van der Waals surface area contributed by atoms with Crippen LogP contribution in [0.2, 0.25) is 0 Å². The van der Waals surface area contributed by atoms with Crippen molar-refractivity contribution in [1.29, 1.82) is 0 Å². The SMILES string of the molecule is Cc1ccc(NCc2cccc(OCc3ccc(Br)cc3)c2)cc1. The van der Waals surface area contributed by atoms with Crippen LogP contribution in [0.5, 0.6) is 5.75 Å². The minimum Gasteiger partial charge on any atom is -0.489 e. The van der Waals surface area contributed by atoms with E-state index in [0.29, 0.717) is 6.61 Å². The highest BCUT2D eigenvalue weighted by atomic mass is 79.9. The van der Waals surface area contributed by atoms with Crippen LogP contribution in [-0.2, 0) is 13.2 Å². The number of hydrogen-bond acceptors (Lipinski definition) is 2. The van der Waals surface area contributed by atoms with Crippen LogP contribution in [0, 0.1) is 6.92 Å². The molecular weight excluding hydrogens is 362 g/mol. The highest BCUT2D eigenvalue weighted by Gasteiger charge is 1.99. The van der Waals surface area contributed by atoms with Crippen molar-refractivity contribution < 1.29 is 4.74 Å². The molecule has 0 spiro atoms. The summed E-state index contributed by atoms with van der Waals surface area (Å²) in [6.07, 6.45) is 0. The van der Waals surface area contributed by atoms with E-state index in [0.717, 1.165) is 28.0 Å². The Morgan fingerprint density at radius 1 is 0.875 bits per heavy atom. The molecule has 0 radical (unpaired) electrons. The predicted octanol–water partition coefficient (Wildman–Crippen LogP) is 5.95. The summed E-state index contributed by atoms with van der Waals surface area (Å²) in [5, 5.41) is 3.43. The van der Waals surface area contributed by atoms with Crippen LogP contribution >= 0.6 is 15.9 Å². The van der Waals surface area contributed by atoms with Gasteiger partial charge >= 0.3 is 0 Å². The van der Waals surface area contributed by atoms with Gasteiger partial charge in [-0.15, -0.1) is 0 Å². The van der Waals surface area contributed by atoms with Crippen molar-refractivity contribution in [2.24, 2.45) is 0 Å². The van der Waals surface area contributed by atoms with E-state index < -0.39 is 0 Å². The summed E-state index contributed by atoms with van der Waals surface area (Å²) in [6.45, 7) is 3.44. The monoisotopic (exact) mass is 381 g/mol. The van der Waals surface area contributed by atoms with Crippen molar-refractivity contribution in [2.75, 3.05) is 5.32 Å². The zero-order valence-electron chi connectivity index (χ0n) is 13.6. The topological polar surface area (TPSA) is 21.3 Å². The molecule has 122 valence electrons. The molecule has 0 fully saturated rings. The van der Waals surface area contributed by atoms with Gasteiger partial charge in [0.25, 0.3) is 0 Å². The van der Waals surface area contributed by atoms with Gasteiger partial charge < -0.3 is 10.1 Å². The van der Waals surface area contributed by atoms with Gasteiger partial charge in [0.15, 0.2) is 0 Å². The molecule has 0 aliphatic heterocycles. The standard InChI is InChI=1S/C21H20BrNO/c1-16-5-11-20(12-6-16)23-14-18-3-2-4-21(13-18)24-15-17-7-9-19(22)10-8-17/h2-13,23H,14-15H2,1H3. The van der Waals surface area contributed by atoms with Gasteiger partial charge in [-0.25, -0.2) is 0 Å². The van der Waals surface area contributed by atoms with E-state index in [1.54, 1.807) is 0 Å². The van der Waals surface area contributed by atoms with Gasteiger partial charge in [0.05, 0.1) is 0 Å². The molecule has 0 aliphatic rings. The summed E-state index contributed by atoms with van der Waals surface area (Å²) < 4.78 is 6.98. The highest BCUT2D eigenvalue weighted by molar-refractivity contribution is 9.10. The Balaban J connectivity index is 1.57. The van der Waals surface area contributed by atoms with Crippen molar-refractivity contribution in [3.8, 4) is 5.75 Å². The van der Waals surface area contributed by atoms with E-state index >= 15 is 0 Å². The molecule has 0 aromatic heterocycles. The highest BCUT2D eigenvalue weighted by Crippen LogP contribution is 2.18. The Kier molecular flexibility index (Phi) is 5.55. The van der Waals surface area contributed by atoms with Crippen molar-refractivity contribution in [3.05, 3.63) is 94.0 Å². The Labute approximate surface area is 151 Å². The van der Waals surface area contributed by atoms with Gasteiger partial charge in [0.2, 0.25) is 0 Å². The second-order valence-corrected chi connectivity index (χ2v) is 6.70. The summed E-state index contributed by atoms with van der Waals surface area (Å²) in [5.41, 5.74) is 4.75. The Bertz CT molecular complexity index is 717. The summed E-state index contributed by atoms with van der Waals surface area (Å²) in [6, 6.07) is 24.8. The van der Waals surface area contributed by atoms with Gasteiger partial charge in [-0.3, -0.25) is 0 Å². The fourth-order valence-corrected chi connectivity index (χ4v) is 2.63. The van der Waals surface area contributed by atoms with Crippen molar-refractivity contribution in [2.45, 2.75) is 20.1 Å². The first-order valence-electron chi connectivity index (χ1n) is 7.96. The van der Waals surface area contributed by atoms with Gasteiger partial charge in [-0.2, -0.15) is 0 Å². The molecule has 0 aliphatic carbocycles. The first-order chi connectivity index (χ1) is 11.7. The second-order valence-electron chi connectivity index (χ2n) is 5.78. The Hall–Kier alpha value is -2.26. The molecule has 0 atom stereocenters. The van der Waals surface area contributed by atoms with Gasteiger partial charge in [0.1, 0.15) is 12.4 Å². The first-order valence-corrected chi connectivity index (χ1v) is 8.75. The van der Waals surface area contributed by atoms with Crippen LogP contribution in [0.3, 0.4) is 0 Å². The lowest BCUT2D eigenvalue weighted by atomic mass is 10.2. The number of benzene rings is 3. The fraction of sp³-hybridized carbons (Fsp3) is 0.143. The smallest absolute Gasteiger partial charge is 0.120 e. The van der Waals surface area contributed by atoms with E-state index in [-0.39, 0.29) is 0 Å². The van der Waals surface area contributed by atoms with Crippen molar-refractivity contribution in [1.82, 2.24) is 0 Å². The van der Waals surface area contributed by atoms with Crippen LogP contribution in [0.15, 0.2) is 77.3 Å². The maximum absolute atomic E-state index is 5.90. The van der Waals surface area contributed by atoms with Crippen LogP contribution in [-0.4, -0.2) is 0 Å². The number of rotatable bonds is 6. The molecule has 0 saturated carbocycles. The molecule has 0 unspecified atom stereocenters. The lowest BCUT2D eigenvalue weighted by Crippen LogP contribution is -2.00. The van der Waals surface area contributed by atoms with E-state index in [1.807, 2.05) is 24.3 Å². The zero-order chi connectivity index (χ0) is 16.8. The molecule has 1 N–H and O–H groups in total. The quantitative estimate of drug-likeness (QED) is 0.569. The lowest BCUT2D eigenvalue weighted by molar-refractivity contribution is 0.306. The third-order valence-corrected chi connectivity index (χ3v) is 4.29. The molecule has 0 bridgehead atoms. The third kappa shape index (κ3) is 4.87. The average Bonchev–Trinajstić information content (AvgIpc) is 2.61. The molecule has 2 nitrogen and oxygen atoms in total. The maximum atomic E-state index is 5.90. The number of aryl methyl sites for hydroxylation is 1. The minimum absolute atomic E-state index is 0.572. The van der Waals surface area contributed by atoms with E-state index in [1.165, 1.54) is 11.1 Å². The van der Waals surface area contributed by atoms with Gasteiger partial charge in [0, 0.05) is 16.7 Å². The largest absolute Gasteiger partial charge is 0.489 e. The minimum atomic E-state index is 0.572. The van der Waals surface area contributed by atoms with E-state index in [2.05, 4.69) is 76.7 Å². The number of nitrogens with one attached hydrogen (secondary N) is 1. The molecule has 24 heavy (non-hydrogen) atoms.